The highest BCUT2D eigenvalue weighted by Gasteiger charge is 2.27. The fourth-order valence-corrected chi connectivity index (χ4v) is 1.18. The molecule has 0 fully saturated rings. The summed E-state index contributed by atoms with van der Waals surface area (Å²) in [5.41, 5.74) is 0. The second kappa shape index (κ2) is 8.07. The number of carbonyl (C=O) groups excluding carboxylic acids is 1. The van der Waals surface area contributed by atoms with E-state index in [1.54, 1.807) is 0 Å². The minimum atomic E-state index is -0.928. The molecule has 0 aliphatic carbocycles. The number of rotatable bonds is 6. The Kier molecular flexibility index (Phi) is 7.39. The summed E-state index contributed by atoms with van der Waals surface area (Å²) >= 11 is 5.90. The van der Waals surface area contributed by atoms with Crippen molar-refractivity contribution >= 4 is 17.6 Å². The molecule has 0 spiro atoms. The van der Waals surface area contributed by atoms with Gasteiger partial charge in [0.2, 0.25) is 0 Å². The fourth-order valence-electron chi connectivity index (χ4n) is 0.914. The molecule has 0 saturated carbocycles. The molecule has 0 radical (unpaired) electrons. The molecule has 0 bridgehead atoms. The zero-order valence-electron chi connectivity index (χ0n) is 8.65. The molecule has 0 aromatic carbocycles. The van der Waals surface area contributed by atoms with Crippen LogP contribution in [0.4, 0.5) is 0 Å². The number of nitrogens with zero attached hydrogens (tertiary/aromatic N) is 1. The summed E-state index contributed by atoms with van der Waals surface area (Å²) in [4.78, 5) is 11.3. The maximum absolute atomic E-state index is 11.3. The fraction of sp³-hybridized carbons (Fsp3) is 0.455. The van der Waals surface area contributed by atoms with Gasteiger partial charge in [0.25, 0.3) is 0 Å². The van der Waals surface area contributed by atoms with Crippen LogP contribution in [-0.4, -0.2) is 18.0 Å². The highest BCUT2D eigenvalue weighted by atomic mass is 35.5. The lowest BCUT2D eigenvalue weighted by Gasteiger charge is -2.12. The van der Waals surface area contributed by atoms with E-state index in [9.17, 15) is 4.79 Å². The lowest BCUT2D eigenvalue weighted by atomic mass is 10.0. The molecule has 0 heterocycles. The van der Waals surface area contributed by atoms with Gasteiger partial charge in [-0.1, -0.05) is 24.8 Å². The smallest absolute Gasteiger partial charge is 0.325 e. The zero-order valence-corrected chi connectivity index (χ0v) is 9.41. The largest absolute Gasteiger partial charge is 0.460 e. The minimum absolute atomic E-state index is 0.101. The first-order chi connectivity index (χ1) is 7.17. The lowest BCUT2D eigenvalue weighted by Crippen LogP contribution is -2.25. The maximum Gasteiger partial charge on any atom is 0.325 e. The van der Waals surface area contributed by atoms with Crippen LogP contribution < -0.4 is 0 Å². The van der Waals surface area contributed by atoms with Gasteiger partial charge in [0.15, 0.2) is 5.92 Å². The quantitative estimate of drug-likeness (QED) is 0.398. The number of esters is 1. The third-order valence-corrected chi connectivity index (χ3v) is 2.13. The SMILES string of the molecule is C=CCOC(=O)C(C#N)C(Cl)CC=CC. The molecule has 3 nitrogen and oxygen atoms in total. The third kappa shape index (κ3) is 5.24. The van der Waals surface area contributed by atoms with Crippen molar-refractivity contribution in [2.45, 2.75) is 18.7 Å². The number of allylic oxidation sites excluding steroid dienone is 2. The molecule has 0 aliphatic heterocycles. The Labute approximate surface area is 95.0 Å². The Morgan fingerprint density at radius 3 is 2.87 bits per heavy atom. The van der Waals surface area contributed by atoms with Gasteiger partial charge >= 0.3 is 5.97 Å². The van der Waals surface area contributed by atoms with Crippen molar-refractivity contribution in [1.82, 2.24) is 0 Å². The first-order valence-corrected chi connectivity index (χ1v) is 5.03. The van der Waals surface area contributed by atoms with Crippen molar-refractivity contribution in [3.63, 3.8) is 0 Å². The molecule has 0 aliphatic rings. The summed E-state index contributed by atoms with van der Waals surface area (Å²) < 4.78 is 4.76. The van der Waals surface area contributed by atoms with Crippen LogP contribution in [0, 0.1) is 17.2 Å². The molecule has 0 rings (SSSR count). The van der Waals surface area contributed by atoms with Crippen LogP contribution in [0.1, 0.15) is 13.3 Å². The van der Waals surface area contributed by atoms with Gasteiger partial charge in [0, 0.05) is 0 Å². The predicted octanol–water partition coefficient (Wildman–Crippen LogP) is 2.43. The van der Waals surface area contributed by atoms with Crippen molar-refractivity contribution in [3.05, 3.63) is 24.8 Å². The number of halogens is 1. The molecule has 15 heavy (non-hydrogen) atoms. The lowest BCUT2D eigenvalue weighted by molar-refractivity contribution is -0.145. The Balaban J connectivity index is 4.28. The van der Waals surface area contributed by atoms with Gasteiger partial charge in [0.05, 0.1) is 11.4 Å². The summed E-state index contributed by atoms with van der Waals surface area (Å²) in [6, 6.07) is 1.84. The van der Waals surface area contributed by atoms with E-state index in [4.69, 9.17) is 21.6 Å². The normalized spacial score (nSPS) is 14.2. The molecule has 82 valence electrons. The monoisotopic (exact) mass is 227 g/mol. The van der Waals surface area contributed by atoms with Crippen LogP contribution in [-0.2, 0) is 9.53 Å². The van der Waals surface area contributed by atoms with Gasteiger partial charge in [-0.25, -0.2) is 0 Å². The molecular formula is C11H14ClNO2. The van der Waals surface area contributed by atoms with E-state index in [2.05, 4.69) is 6.58 Å². The molecule has 4 heteroatoms. The molecule has 0 N–H and O–H groups in total. The van der Waals surface area contributed by atoms with Crippen molar-refractivity contribution in [2.75, 3.05) is 6.61 Å². The van der Waals surface area contributed by atoms with E-state index in [1.165, 1.54) is 6.08 Å². The molecular weight excluding hydrogens is 214 g/mol. The van der Waals surface area contributed by atoms with Crippen molar-refractivity contribution in [1.29, 1.82) is 5.26 Å². The van der Waals surface area contributed by atoms with Crippen LogP contribution in [0.3, 0.4) is 0 Å². The summed E-state index contributed by atoms with van der Waals surface area (Å²) in [5.74, 6) is -1.52. The van der Waals surface area contributed by atoms with Crippen LogP contribution in [0.2, 0.25) is 0 Å². The first kappa shape index (κ1) is 13.7. The van der Waals surface area contributed by atoms with Crippen LogP contribution in [0.25, 0.3) is 0 Å². The van der Waals surface area contributed by atoms with Gasteiger partial charge in [-0.2, -0.15) is 5.26 Å². The second-order valence-corrected chi connectivity index (χ2v) is 3.41. The molecule has 0 amide bonds. The van der Waals surface area contributed by atoms with Crippen LogP contribution in [0.15, 0.2) is 24.8 Å². The van der Waals surface area contributed by atoms with Gasteiger partial charge in [-0.3, -0.25) is 4.79 Å². The maximum atomic E-state index is 11.3. The van der Waals surface area contributed by atoms with Gasteiger partial charge in [-0.15, -0.1) is 11.6 Å². The van der Waals surface area contributed by atoms with E-state index < -0.39 is 17.3 Å². The summed E-state index contributed by atoms with van der Waals surface area (Å²) in [7, 11) is 0. The highest BCUT2D eigenvalue weighted by Crippen LogP contribution is 2.16. The first-order valence-electron chi connectivity index (χ1n) is 4.59. The average molecular weight is 228 g/mol. The van der Waals surface area contributed by atoms with E-state index >= 15 is 0 Å². The summed E-state index contributed by atoms with van der Waals surface area (Å²) in [5, 5.41) is 8.23. The summed E-state index contributed by atoms with van der Waals surface area (Å²) in [6.07, 6.45) is 5.54. The Bertz CT molecular complexity index is 281. The third-order valence-electron chi connectivity index (χ3n) is 1.70. The Hall–Kier alpha value is -1.27. The Morgan fingerprint density at radius 1 is 1.73 bits per heavy atom. The minimum Gasteiger partial charge on any atom is -0.460 e. The van der Waals surface area contributed by atoms with Crippen molar-refractivity contribution in [2.24, 2.45) is 5.92 Å². The molecule has 2 atom stereocenters. The molecule has 2 unspecified atom stereocenters. The van der Waals surface area contributed by atoms with Gasteiger partial charge in [-0.05, 0) is 13.3 Å². The molecule has 0 saturated heterocycles. The highest BCUT2D eigenvalue weighted by molar-refractivity contribution is 6.22. The topological polar surface area (TPSA) is 50.1 Å². The molecule has 0 aromatic heterocycles. The van der Waals surface area contributed by atoms with Crippen LogP contribution >= 0.6 is 11.6 Å². The zero-order chi connectivity index (χ0) is 11.7. The predicted molar refractivity (Wildman–Crippen MR) is 59.3 cm³/mol. The molecule has 0 aromatic rings. The number of alkyl halides is 1. The van der Waals surface area contributed by atoms with E-state index in [0.29, 0.717) is 6.42 Å². The van der Waals surface area contributed by atoms with Crippen molar-refractivity contribution in [3.8, 4) is 6.07 Å². The number of hydrogen-bond acceptors (Lipinski definition) is 3. The van der Waals surface area contributed by atoms with E-state index in [0.717, 1.165) is 0 Å². The average Bonchev–Trinajstić information content (AvgIpc) is 2.24. The van der Waals surface area contributed by atoms with E-state index in [1.807, 2.05) is 25.1 Å². The van der Waals surface area contributed by atoms with Crippen molar-refractivity contribution < 1.29 is 9.53 Å². The number of nitriles is 1. The van der Waals surface area contributed by atoms with E-state index in [-0.39, 0.29) is 6.61 Å². The number of carbonyl (C=O) groups is 1. The summed E-state index contributed by atoms with van der Waals surface area (Å²) in [6.45, 7) is 5.36. The number of hydrogen-bond donors (Lipinski definition) is 0. The van der Waals surface area contributed by atoms with Gasteiger partial charge in [0.1, 0.15) is 6.61 Å². The standard InChI is InChI=1S/C11H14ClNO2/c1-3-5-6-10(12)9(8-13)11(14)15-7-4-2/h3-5,9-10H,2,6-7H2,1H3. The second-order valence-electron chi connectivity index (χ2n) is 2.85. The van der Waals surface area contributed by atoms with Crippen LogP contribution in [0.5, 0.6) is 0 Å². The van der Waals surface area contributed by atoms with Gasteiger partial charge < -0.3 is 4.74 Å². The Morgan fingerprint density at radius 2 is 2.40 bits per heavy atom. The number of ether oxygens (including phenoxy) is 1.